The Bertz CT molecular complexity index is 687. The monoisotopic (exact) mass is 332 g/mol. The van der Waals surface area contributed by atoms with Gasteiger partial charge in [0.2, 0.25) is 0 Å². The van der Waals surface area contributed by atoms with Crippen LogP contribution in [0.5, 0.6) is 0 Å². The van der Waals surface area contributed by atoms with Gasteiger partial charge < -0.3 is 11.5 Å². The first-order valence-corrected chi connectivity index (χ1v) is 9.15. The quantitative estimate of drug-likeness (QED) is 0.867. The molecule has 0 aromatic heterocycles. The number of benzene rings is 1. The minimum atomic E-state index is -2.63. The van der Waals surface area contributed by atoms with E-state index in [1.807, 2.05) is 18.2 Å². The van der Waals surface area contributed by atoms with Gasteiger partial charge in [-0.3, -0.25) is 0 Å². The lowest BCUT2D eigenvalue weighted by Gasteiger charge is -2.71. The maximum Gasteiger partial charge on any atom is 0.256 e. The normalized spacial score (nSPS) is 46.2. The van der Waals surface area contributed by atoms with Crippen LogP contribution in [0.2, 0.25) is 0 Å². The van der Waals surface area contributed by atoms with Crippen molar-refractivity contribution in [3.8, 4) is 0 Å². The molecule has 2 nitrogen and oxygen atoms in total. The number of alkyl halides is 2. The summed E-state index contributed by atoms with van der Waals surface area (Å²) >= 11 is 0. The van der Waals surface area contributed by atoms with Crippen molar-refractivity contribution in [1.29, 1.82) is 0 Å². The van der Waals surface area contributed by atoms with Gasteiger partial charge in [0.15, 0.2) is 0 Å². The summed E-state index contributed by atoms with van der Waals surface area (Å²) in [5.74, 6) is -3.28. The van der Waals surface area contributed by atoms with Gasteiger partial charge in [-0.1, -0.05) is 31.2 Å². The van der Waals surface area contributed by atoms with Gasteiger partial charge in [-0.25, -0.2) is 8.78 Å². The number of nitrogens with two attached hydrogens (primary N) is 2. The van der Waals surface area contributed by atoms with Crippen LogP contribution < -0.4 is 11.5 Å². The molecule has 24 heavy (non-hydrogen) atoms. The molecule has 0 spiro atoms. The summed E-state index contributed by atoms with van der Waals surface area (Å²) in [6.45, 7) is 1.72. The second-order valence-electron chi connectivity index (χ2n) is 9.73. The Labute approximate surface area is 142 Å². The molecule has 6 aliphatic rings. The first-order valence-electron chi connectivity index (χ1n) is 9.15. The van der Waals surface area contributed by atoms with Gasteiger partial charge in [0.1, 0.15) is 0 Å². The first-order chi connectivity index (χ1) is 11.1. The number of hydrogen-bond acceptors (Lipinski definition) is 2. The Morgan fingerprint density at radius 3 is 2.08 bits per heavy atom. The highest BCUT2D eigenvalue weighted by atomic mass is 19.3. The molecule has 6 saturated carbocycles. The molecule has 6 aliphatic carbocycles. The van der Waals surface area contributed by atoms with Crippen LogP contribution in [0.4, 0.5) is 8.78 Å². The average molecular weight is 332 g/mol. The van der Waals surface area contributed by atoms with Crippen molar-refractivity contribution < 1.29 is 8.78 Å². The van der Waals surface area contributed by atoms with Crippen LogP contribution in [0.1, 0.15) is 56.6 Å². The molecule has 7 rings (SSSR count). The Hall–Kier alpha value is -1.00. The van der Waals surface area contributed by atoms with Gasteiger partial charge in [0.25, 0.3) is 5.92 Å². The van der Waals surface area contributed by atoms with Crippen LogP contribution in [0.15, 0.2) is 24.3 Å². The molecule has 0 amide bonds. The van der Waals surface area contributed by atoms with Crippen molar-refractivity contribution in [1.82, 2.24) is 0 Å². The summed E-state index contributed by atoms with van der Waals surface area (Å²) < 4.78 is 30.1. The minimum Gasteiger partial charge on any atom is -0.325 e. The molecular weight excluding hydrogens is 306 g/mol. The zero-order valence-electron chi connectivity index (χ0n) is 14.2. The lowest BCUT2D eigenvalue weighted by atomic mass is 9.36. The molecule has 0 aliphatic heterocycles. The average Bonchev–Trinajstić information content (AvgIpc) is 2.39. The maximum absolute atomic E-state index is 15.1. The van der Waals surface area contributed by atoms with Gasteiger partial charge in [0.05, 0.1) is 0 Å². The van der Waals surface area contributed by atoms with E-state index in [-0.39, 0.29) is 16.5 Å². The van der Waals surface area contributed by atoms with Crippen molar-refractivity contribution in [3.05, 3.63) is 35.4 Å². The van der Waals surface area contributed by atoms with Crippen LogP contribution in [0.3, 0.4) is 0 Å². The molecule has 4 heteroatoms. The van der Waals surface area contributed by atoms with Gasteiger partial charge in [-0.15, -0.1) is 0 Å². The van der Waals surface area contributed by atoms with E-state index in [0.29, 0.717) is 25.7 Å². The molecule has 6 fully saturated rings. The summed E-state index contributed by atoms with van der Waals surface area (Å²) in [7, 11) is 0. The highest BCUT2D eigenvalue weighted by molar-refractivity contribution is 5.46. The summed E-state index contributed by atoms with van der Waals surface area (Å²) in [5, 5.41) is 0. The highest BCUT2D eigenvalue weighted by Crippen LogP contribution is 2.73. The lowest BCUT2D eigenvalue weighted by Crippen LogP contribution is -2.78. The molecule has 1 atom stereocenters. The first kappa shape index (κ1) is 15.3. The fourth-order valence-corrected chi connectivity index (χ4v) is 6.57. The standard InChI is InChI=1S/C20H26F2N2/c1-13(20(21,22)17-10-19(24,11-17)12-17)6-14-4-2-3-5-15(14)16-7-18(23,8-16)9-16/h2-5,13H,6-12,23-24H2,1H3. The molecule has 130 valence electrons. The van der Waals surface area contributed by atoms with E-state index in [1.54, 1.807) is 6.92 Å². The van der Waals surface area contributed by atoms with E-state index in [0.717, 1.165) is 24.8 Å². The molecule has 4 N–H and O–H groups in total. The van der Waals surface area contributed by atoms with Crippen LogP contribution in [-0.2, 0) is 11.8 Å². The van der Waals surface area contributed by atoms with Crippen LogP contribution in [0.25, 0.3) is 0 Å². The molecule has 0 saturated heterocycles. The molecule has 1 unspecified atom stereocenters. The predicted octanol–water partition coefficient (Wildman–Crippen LogP) is 3.51. The third kappa shape index (κ3) is 1.67. The lowest BCUT2D eigenvalue weighted by molar-refractivity contribution is -0.292. The van der Waals surface area contributed by atoms with Crippen molar-refractivity contribution in [2.75, 3.05) is 0 Å². The third-order valence-corrected chi connectivity index (χ3v) is 7.58. The zero-order valence-corrected chi connectivity index (χ0v) is 14.2. The fraction of sp³-hybridized carbons (Fsp3) is 0.700. The van der Waals surface area contributed by atoms with E-state index in [1.165, 1.54) is 5.56 Å². The van der Waals surface area contributed by atoms with E-state index in [9.17, 15) is 0 Å². The molecule has 1 aromatic rings. The van der Waals surface area contributed by atoms with Gasteiger partial charge in [0, 0.05) is 27.8 Å². The van der Waals surface area contributed by atoms with Gasteiger partial charge >= 0.3 is 0 Å². The second-order valence-corrected chi connectivity index (χ2v) is 9.73. The molecule has 0 radical (unpaired) electrons. The number of halogens is 2. The maximum atomic E-state index is 15.1. The Kier molecular flexibility index (Phi) is 2.57. The largest absolute Gasteiger partial charge is 0.325 e. The van der Waals surface area contributed by atoms with E-state index in [4.69, 9.17) is 11.5 Å². The smallest absolute Gasteiger partial charge is 0.256 e. The molecule has 4 bridgehead atoms. The second kappa shape index (κ2) is 4.04. The highest BCUT2D eigenvalue weighted by Gasteiger charge is 2.76. The summed E-state index contributed by atoms with van der Waals surface area (Å²) in [5.41, 5.74) is 13.7. The fourth-order valence-electron chi connectivity index (χ4n) is 6.57. The number of rotatable bonds is 5. The third-order valence-electron chi connectivity index (χ3n) is 7.58. The van der Waals surface area contributed by atoms with Crippen molar-refractivity contribution in [3.63, 3.8) is 0 Å². The Morgan fingerprint density at radius 1 is 1.00 bits per heavy atom. The molecule has 1 aromatic carbocycles. The minimum absolute atomic E-state index is 0.0317. The SMILES string of the molecule is CC(Cc1ccccc1C12CC(N)(C1)C2)C(F)(F)C12CC(N)(C1)C2. The van der Waals surface area contributed by atoms with Crippen molar-refractivity contribution in [2.45, 2.75) is 74.3 Å². The molecule has 0 heterocycles. The van der Waals surface area contributed by atoms with Crippen molar-refractivity contribution in [2.24, 2.45) is 22.8 Å². The zero-order chi connectivity index (χ0) is 17.0. The van der Waals surface area contributed by atoms with E-state index >= 15 is 8.78 Å². The Morgan fingerprint density at radius 2 is 1.54 bits per heavy atom. The number of hydrogen-bond donors (Lipinski definition) is 2. The van der Waals surface area contributed by atoms with E-state index in [2.05, 4.69) is 6.07 Å². The van der Waals surface area contributed by atoms with Crippen molar-refractivity contribution >= 4 is 0 Å². The predicted molar refractivity (Wildman–Crippen MR) is 89.9 cm³/mol. The topological polar surface area (TPSA) is 52.0 Å². The van der Waals surface area contributed by atoms with Crippen LogP contribution in [0, 0.1) is 11.3 Å². The van der Waals surface area contributed by atoms with Gasteiger partial charge in [-0.2, -0.15) is 0 Å². The van der Waals surface area contributed by atoms with Crippen LogP contribution in [-0.4, -0.2) is 17.0 Å². The Balaban J connectivity index is 1.37. The molecular formula is C20H26F2N2. The van der Waals surface area contributed by atoms with E-state index < -0.39 is 17.3 Å². The summed E-state index contributed by atoms with van der Waals surface area (Å²) in [4.78, 5) is 0. The van der Waals surface area contributed by atoms with Crippen LogP contribution >= 0.6 is 0 Å². The summed E-state index contributed by atoms with van der Waals surface area (Å²) in [6.07, 6.45) is 4.99. The van der Waals surface area contributed by atoms with Gasteiger partial charge in [-0.05, 0) is 56.1 Å². The summed E-state index contributed by atoms with van der Waals surface area (Å²) in [6, 6.07) is 8.18.